The van der Waals surface area contributed by atoms with Gasteiger partial charge in [0.25, 0.3) is 5.69 Å². The van der Waals surface area contributed by atoms with Crippen molar-refractivity contribution in [2.24, 2.45) is 0 Å². The van der Waals surface area contributed by atoms with E-state index in [1.807, 2.05) is 0 Å². The molecule has 1 aromatic carbocycles. The molecule has 25 heavy (non-hydrogen) atoms. The van der Waals surface area contributed by atoms with Crippen molar-refractivity contribution in [2.75, 3.05) is 19.8 Å². The Morgan fingerprint density at radius 1 is 1.16 bits per heavy atom. The monoisotopic (exact) mass is 348 g/mol. The van der Waals surface area contributed by atoms with Crippen LogP contribution in [-0.2, 0) is 9.47 Å². The highest BCUT2D eigenvalue weighted by Gasteiger charge is 2.62. The zero-order valence-corrected chi connectivity index (χ0v) is 14.2. The smallest absolute Gasteiger partial charge is 0.269 e. The number of aliphatic hydroxyl groups excluding tert-OH is 1. The second kappa shape index (κ2) is 6.32. The van der Waals surface area contributed by atoms with Gasteiger partial charge in [0, 0.05) is 12.1 Å². The summed E-state index contributed by atoms with van der Waals surface area (Å²) < 4.78 is 12.4. The second-order valence-electron chi connectivity index (χ2n) is 7.41. The molecular formula is C18H24N2O5. The number of nitro benzene ring substituents is 1. The summed E-state index contributed by atoms with van der Waals surface area (Å²) in [7, 11) is 0. The van der Waals surface area contributed by atoms with Crippen LogP contribution in [-0.4, -0.2) is 46.0 Å². The Bertz CT molecular complexity index is 641. The third kappa shape index (κ3) is 2.66. The first-order valence-electron chi connectivity index (χ1n) is 9.01. The van der Waals surface area contributed by atoms with Crippen LogP contribution in [0.2, 0.25) is 0 Å². The molecule has 1 N–H and O–H groups in total. The van der Waals surface area contributed by atoms with Crippen LogP contribution in [0.25, 0.3) is 0 Å². The highest BCUT2D eigenvalue weighted by Crippen LogP contribution is 2.52. The van der Waals surface area contributed by atoms with Gasteiger partial charge in [-0.15, -0.1) is 0 Å². The van der Waals surface area contributed by atoms with Crippen molar-refractivity contribution in [2.45, 2.75) is 56.0 Å². The van der Waals surface area contributed by atoms with Crippen molar-refractivity contribution in [3.63, 3.8) is 0 Å². The SMILES string of the molecule is O=[N+]([O-])c1ccc([C@H]2OC[C@@]3(CO)COC4(CCCCCC4)N23)cc1. The van der Waals surface area contributed by atoms with E-state index in [-0.39, 0.29) is 18.5 Å². The van der Waals surface area contributed by atoms with E-state index in [1.165, 1.54) is 25.0 Å². The number of hydrogen-bond donors (Lipinski definition) is 1. The largest absolute Gasteiger partial charge is 0.394 e. The van der Waals surface area contributed by atoms with E-state index in [9.17, 15) is 15.2 Å². The van der Waals surface area contributed by atoms with Crippen molar-refractivity contribution in [1.82, 2.24) is 4.90 Å². The molecule has 136 valence electrons. The molecule has 1 aliphatic carbocycles. The fourth-order valence-corrected chi connectivity index (χ4v) is 4.56. The van der Waals surface area contributed by atoms with Crippen LogP contribution >= 0.6 is 0 Å². The lowest BCUT2D eigenvalue weighted by Gasteiger charge is -2.41. The van der Waals surface area contributed by atoms with E-state index in [0.29, 0.717) is 13.2 Å². The van der Waals surface area contributed by atoms with Crippen molar-refractivity contribution in [1.29, 1.82) is 0 Å². The van der Waals surface area contributed by atoms with E-state index in [4.69, 9.17) is 9.47 Å². The van der Waals surface area contributed by atoms with Crippen LogP contribution in [0.4, 0.5) is 5.69 Å². The summed E-state index contributed by atoms with van der Waals surface area (Å²) in [5.74, 6) is 0. The number of non-ortho nitro benzene ring substituents is 1. The summed E-state index contributed by atoms with van der Waals surface area (Å²) in [6.45, 7) is 0.859. The molecule has 0 aromatic heterocycles. The minimum absolute atomic E-state index is 0.0156. The van der Waals surface area contributed by atoms with E-state index in [1.54, 1.807) is 12.1 Å². The molecule has 4 rings (SSSR count). The molecule has 0 radical (unpaired) electrons. The fourth-order valence-electron chi connectivity index (χ4n) is 4.56. The summed E-state index contributed by atoms with van der Waals surface area (Å²) in [5, 5.41) is 21.0. The quantitative estimate of drug-likeness (QED) is 0.668. The Morgan fingerprint density at radius 2 is 1.84 bits per heavy atom. The van der Waals surface area contributed by atoms with Crippen LogP contribution in [0.3, 0.4) is 0 Å². The van der Waals surface area contributed by atoms with Gasteiger partial charge in [-0.2, -0.15) is 0 Å². The van der Waals surface area contributed by atoms with Crippen LogP contribution in [0.1, 0.15) is 50.3 Å². The molecule has 7 nitrogen and oxygen atoms in total. The number of rotatable bonds is 3. The lowest BCUT2D eigenvalue weighted by Crippen LogP contribution is -2.55. The molecule has 7 heteroatoms. The summed E-state index contributed by atoms with van der Waals surface area (Å²) in [6.07, 6.45) is 6.13. The van der Waals surface area contributed by atoms with Crippen molar-refractivity contribution in [3.8, 4) is 0 Å². The molecule has 3 aliphatic rings. The van der Waals surface area contributed by atoms with E-state index >= 15 is 0 Å². The number of hydrogen-bond acceptors (Lipinski definition) is 6. The first-order chi connectivity index (χ1) is 12.1. The zero-order chi connectivity index (χ0) is 17.5. The van der Waals surface area contributed by atoms with Gasteiger partial charge in [-0.3, -0.25) is 10.1 Å². The van der Waals surface area contributed by atoms with Gasteiger partial charge >= 0.3 is 0 Å². The Hall–Kier alpha value is -1.54. The molecule has 2 saturated heterocycles. The Balaban J connectivity index is 1.69. The predicted octanol–water partition coefficient (Wildman–Crippen LogP) is 2.74. The van der Waals surface area contributed by atoms with Gasteiger partial charge in [0.2, 0.25) is 0 Å². The Kier molecular flexibility index (Phi) is 4.27. The third-order valence-electron chi connectivity index (χ3n) is 5.87. The lowest BCUT2D eigenvalue weighted by atomic mass is 9.95. The average Bonchev–Trinajstić information content (AvgIpc) is 3.05. The van der Waals surface area contributed by atoms with Gasteiger partial charge in [-0.25, -0.2) is 4.90 Å². The normalized spacial score (nSPS) is 31.8. The fraction of sp³-hybridized carbons (Fsp3) is 0.667. The molecular weight excluding hydrogens is 324 g/mol. The number of benzene rings is 1. The summed E-state index contributed by atoms with van der Waals surface area (Å²) in [6, 6.07) is 6.51. The van der Waals surface area contributed by atoms with Gasteiger partial charge in [0.15, 0.2) is 0 Å². The topological polar surface area (TPSA) is 85.1 Å². The van der Waals surface area contributed by atoms with Gasteiger partial charge in [-0.1, -0.05) is 12.8 Å². The van der Waals surface area contributed by atoms with Crippen LogP contribution in [0, 0.1) is 10.1 Å². The van der Waals surface area contributed by atoms with Crippen LogP contribution in [0.5, 0.6) is 0 Å². The van der Waals surface area contributed by atoms with Gasteiger partial charge in [0.05, 0.1) is 30.3 Å². The minimum Gasteiger partial charge on any atom is -0.394 e. The number of aliphatic hydroxyl groups is 1. The van der Waals surface area contributed by atoms with E-state index in [0.717, 1.165) is 31.2 Å². The molecule has 2 heterocycles. The lowest BCUT2D eigenvalue weighted by molar-refractivity contribution is -0.384. The standard InChI is InChI=1S/C18H24N2O5/c21-11-17-12-24-16(14-5-7-15(8-6-14)20(22)23)19(17)18(25-13-17)9-3-1-2-4-10-18/h5-8,16,21H,1-4,9-13H2/t16-,17+/m1/s1. The van der Waals surface area contributed by atoms with Crippen molar-refractivity contribution in [3.05, 3.63) is 39.9 Å². The number of fused-ring (bicyclic) bond motifs is 2. The summed E-state index contributed by atoms with van der Waals surface area (Å²) in [4.78, 5) is 12.7. The maximum Gasteiger partial charge on any atom is 0.269 e. The predicted molar refractivity (Wildman–Crippen MR) is 89.8 cm³/mol. The average molecular weight is 348 g/mol. The molecule has 0 unspecified atom stereocenters. The highest BCUT2D eigenvalue weighted by molar-refractivity contribution is 5.34. The molecule has 1 saturated carbocycles. The van der Waals surface area contributed by atoms with Crippen molar-refractivity contribution >= 4 is 5.69 Å². The first-order valence-corrected chi connectivity index (χ1v) is 9.01. The van der Waals surface area contributed by atoms with Gasteiger partial charge in [0.1, 0.15) is 12.0 Å². The number of ether oxygens (including phenoxy) is 2. The van der Waals surface area contributed by atoms with Crippen LogP contribution < -0.4 is 0 Å². The molecule has 2 aliphatic heterocycles. The second-order valence-corrected chi connectivity index (χ2v) is 7.41. The maximum absolute atomic E-state index is 10.9. The Morgan fingerprint density at radius 3 is 2.44 bits per heavy atom. The molecule has 0 amide bonds. The molecule has 0 bridgehead atoms. The van der Waals surface area contributed by atoms with E-state index in [2.05, 4.69) is 4.90 Å². The summed E-state index contributed by atoms with van der Waals surface area (Å²) >= 11 is 0. The molecule has 1 spiro atoms. The van der Waals surface area contributed by atoms with Crippen molar-refractivity contribution < 1.29 is 19.5 Å². The Labute approximate surface area is 146 Å². The van der Waals surface area contributed by atoms with Crippen LogP contribution in [0.15, 0.2) is 24.3 Å². The van der Waals surface area contributed by atoms with Gasteiger partial charge < -0.3 is 14.6 Å². The number of nitro groups is 1. The van der Waals surface area contributed by atoms with Gasteiger partial charge in [-0.05, 0) is 43.4 Å². The highest BCUT2D eigenvalue weighted by atomic mass is 16.6. The first kappa shape index (κ1) is 16.9. The number of nitrogens with zero attached hydrogens (tertiary/aromatic N) is 2. The summed E-state index contributed by atoms with van der Waals surface area (Å²) in [5.41, 5.74) is 0.0194. The van der Waals surface area contributed by atoms with E-state index < -0.39 is 16.2 Å². The molecule has 1 aromatic rings. The zero-order valence-electron chi connectivity index (χ0n) is 14.2. The third-order valence-corrected chi connectivity index (χ3v) is 5.87. The molecule has 2 atom stereocenters. The maximum atomic E-state index is 10.9. The molecule has 3 fully saturated rings. The minimum atomic E-state index is -0.517.